The van der Waals surface area contributed by atoms with Crippen molar-refractivity contribution in [2.45, 2.75) is 13.0 Å². The number of rotatable bonds is 8. The van der Waals surface area contributed by atoms with Crippen LogP contribution in [0.25, 0.3) is 0 Å². The molecule has 0 unspecified atom stereocenters. The summed E-state index contributed by atoms with van der Waals surface area (Å²) in [5.41, 5.74) is 1.40. The van der Waals surface area contributed by atoms with Crippen LogP contribution < -0.4 is 26.5 Å². The van der Waals surface area contributed by atoms with Crippen molar-refractivity contribution in [3.8, 4) is 11.5 Å². The van der Waals surface area contributed by atoms with E-state index in [0.717, 1.165) is 68.4 Å². The molecule has 0 aromatic heterocycles. The Labute approximate surface area is 167 Å². The lowest BCUT2D eigenvalue weighted by atomic mass is 10.1. The molecular formula is C21H28BrNO3. The number of ether oxygens (including phenoxy) is 3. The maximum atomic E-state index is 5.89. The topological polar surface area (TPSA) is 27.7 Å². The van der Waals surface area contributed by atoms with Gasteiger partial charge in [-0.2, -0.15) is 0 Å². The van der Waals surface area contributed by atoms with Crippen LogP contribution in [0.4, 0.5) is 0 Å². The Bertz CT molecular complexity index is 627. The first-order chi connectivity index (χ1) is 12.3. The number of hydrogen-bond donors (Lipinski definition) is 0. The lowest BCUT2D eigenvalue weighted by Gasteiger charge is -2.41. The van der Waals surface area contributed by atoms with Crippen LogP contribution in [0, 0.1) is 0 Å². The van der Waals surface area contributed by atoms with Gasteiger partial charge in [0.15, 0.2) is 0 Å². The van der Waals surface area contributed by atoms with Crippen LogP contribution >= 0.6 is 0 Å². The highest BCUT2D eigenvalue weighted by Gasteiger charge is 2.30. The van der Waals surface area contributed by atoms with Crippen molar-refractivity contribution in [3.05, 3.63) is 60.2 Å². The molecule has 142 valence electrons. The van der Waals surface area contributed by atoms with Gasteiger partial charge in [-0.25, -0.2) is 0 Å². The van der Waals surface area contributed by atoms with E-state index >= 15 is 0 Å². The minimum Gasteiger partial charge on any atom is -1.00 e. The average Bonchev–Trinajstić information content (AvgIpc) is 2.67. The Morgan fingerprint density at radius 3 is 2.23 bits per heavy atom. The standard InChI is InChI=1S/C21H28NO3.BrH/c1-23-20-8-10-21(11-9-20)25-15-5-12-22(13-16-24-17-14-22)18-19-6-3-2-4-7-19;/h2-4,6-11H,5,12-18H2,1H3;1H/q+1;/p-1. The first-order valence-electron chi connectivity index (χ1n) is 9.03. The van der Waals surface area contributed by atoms with Crippen molar-refractivity contribution in [3.63, 3.8) is 0 Å². The number of halogens is 1. The van der Waals surface area contributed by atoms with Gasteiger partial charge in [-0.15, -0.1) is 0 Å². The van der Waals surface area contributed by atoms with Crippen LogP contribution in [-0.2, 0) is 11.3 Å². The van der Waals surface area contributed by atoms with Crippen molar-refractivity contribution in [1.29, 1.82) is 0 Å². The first kappa shape index (κ1) is 20.7. The molecule has 0 spiro atoms. The summed E-state index contributed by atoms with van der Waals surface area (Å²) in [6.45, 7) is 6.80. The normalized spacial score (nSPS) is 15.7. The van der Waals surface area contributed by atoms with Crippen molar-refractivity contribution < 1.29 is 35.7 Å². The van der Waals surface area contributed by atoms with E-state index in [0.29, 0.717) is 0 Å². The molecule has 1 saturated heterocycles. The van der Waals surface area contributed by atoms with E-state index in [2.05, 4.69) is 30.3 Å². The zero-order valence-corrected chi connectivity index (χ0v) is 17.0. The summed E-state index contributed by atoms with van der Waals surface area (Å²) < 4.78 is 17.8. The fourth-order valence-electron chi connectivity index (χ4n) is 3.42. The Kier molecular flexibility index (Phi) is 8.42. The molecule has 2 aromatic rings. The zero-order chi connectivity index (χ0) is 17.4. The van der Waals surface area contributed by atoms with Crippen LogP contribution in [0.2, 0.25) is 0 Å². The molecule has 1 fully saturated rings. The van der Waals surface area contributed by atoms with E-state index in [1.807, 2.05) is 24.3 Å². The van der Waals surface area contributed by atoms with Crippen molar-refractivity contribution in [2.24, 2.45) is 0 Å². The second-order valence-electron chi connectivity index (χ2n) is 6.65. The lowest BCUT2D eigenvalue weighted by molar-refractivity contribution is -0.947. The minimum absolute atomic E-state index is 0. The minimum atomic E-state index is 0. The highest BCUT2D eigenvalue weighted by molar-refractivity contribution is 5.31. The van der Waals surface area contributed by atoms with Crippen LogP contribution in [0.15, 0.2) is 54.6 Å². The number of hydrogen-bond acceptors (Lipinski definition) is 3. The van der Waals surface area contributed by atoms with E-state index in [-0.39, 0.29) is 17.0 Å². The molecule has 1 aliphatic heterocycles. The number of methoxy groups -OCH3 is 1. The molecule has 0 bridgehead atoms. The average molecular weight is 422 g/mol. The summed E-state index contributed by atoms with van der Waals surface area (Å²) >= 11 is 0. The summed E-state index contributed by atoms with van der Waals surface area (Å²) in [6, 6.07) is 18.6. The van der Waals surface area contributed by atoms with Gasteiger partial charge in [0.1, 0.15) is 31.1 Å². The van der Waals surface area contributed by atoms with E-state index < -0.39 is 0 Å². The Hall–Kier alpha value is -1.56. The third-order valence-electron chi connectivity index (χ3n) is 4.89. The van der Waals surface area contributed by atoms with Gasteiger partial charge in [-0.05, 0) is 24.3 Å². The van der Waals surface area contributed by atoms with Crippen molar-refractivity contribution >= 4 is 0 Å². The fraction of sp³-hybridized carbons (Fsp3) is 0.429. The molecule has 0 N–H and O–H groups in total. The maximum absolute atomic E-state index is 5.89. The number of nitrogens with zero attached hydrogens (tertiary/aromatic N) is 1. The highest BCUT2D eigenvalue weighted by Crippen LogP contribution is 2.20. The van der Waals surface area contributed by atoms with Crippen LogP contribution in [0.5, 0.6) is 11.5 Å². The summed E-state index contributed by atoms with van der Waals surface area (Å²) in [4.78, 5) is 0. The molecule has 3 rings (SSSR count). The van der Waals surface area contributed by atoms with Gasteiger partial charge >= 0.3 is 0 Å². The quantitative estimate of drug-likeness (QED) is 0.459. The first-order valence-corrected chi connectivity index (χ1v) is 9.03. The second kappa shape index (κ2) is 10.6. The molecule has 2 aromatic carbocycles. The molecule has 4 nitrogen and oxygen atoms in total. The van der Waals surface area contributed by atoms with Gasteiger partial charge in [-0.1, -0.05) is 30.3 Å². The highest BCUT2D eigenvalue weighted by atomic mass is 79.9. The molecule has 1 heterocycles. The molecule has 0 aliphatic carbocycles. The van der Waals surface area contributed by atoms with Gasteiger partial charge < -0.3 is 35.7 Å². The van der Waals surface area contributed by atoms with Crippen LogP contribution in [0.3, 0.4) is 0 Å². The molecule has 0 amide bonds. The Morgan fingerprint density at radius 1 is 0.923 bits per heavy atom. The predicted octanol–water partition coefficient (Wildman–Crippen LogP) is 0.515. The van der Waals surface area contributed by atoms with Gasteiger partial charge in [0, 0.05) is 12.0 Å². The second-order valence-corrected chi connectivity index (χ2v) is 6.65. The molecule has 5 heteroatoms. The van der Waals surface area contributed by atoms with Crippen molar-refractivity contribution in [2.75, 3.05) is 46.6 Å². The zero-order valence-electron chi connectivity index (χ0n) is 15.4. The summed E-state index contributed by atoms with van der Waals surface area (Å²) in [6.07, 6.45) is 1.04. The third kappa shape index (κ3) is 6.01. The summed E-state index contributed by atoms with van der Waals surface area (Å²) in [7, 11) is 1.67. The summed E-state index contributed by atoms with van der Waals surface area (Å²) in [5.74, 6) is 1.76. The van der Waals surface area contributed by atoms with Crippen LogP contribution in [-0.4, -0.2) is 51.0 Å². The monoisotopic (exact) mass is 421 g/mol. The smallest absolute Gasteiger partial charge is 0.119 e. The molecule has 0 atom stereocenters. The Balaban J connectivity index is 0.00000243. The SMILES string of the molecule is COc1ccc(OCCC[N+]2(Cc3ccccc3)CCOCC2)cc1.[Br-]. The largest absolute Gasteiger partial charge is 1.00 e. The van der Waals surface area contributed by atoms with Gasteiger partial charge in [0.25, 0.3) is 0 Å². The molecule has 1 aliphatic rings. The van der Waals surface area contributed by atoms with Gasteiger partial charge in [0.2, 0.25) is 0 Å². The van der Waals surface area contributed by atoms with E-state index in [1.54, 1.807) is 7.11 Å². The number of morpholine rings is 1. The van der Waals surface area contributed by atoms with Crippen molar-refractivity contribution in [1.82, 2.24) is 0 Å². The molecule has 26 heavy (non-hydrogen) atoms. The fourth-order valence-corrected chi connectivity index (χ4v) is 3.42. The third-order valence-corrected chi connectivity index (χ3v) is 4.89. The van der Waals surface area contributed by atoms with Gasteiger partial charge in [0.05, 0.1) is 33.5 Å². The number of benzene rings is 2. The molecular weight excluding hydrogens is 394 g/mol. The van der Waals surface area contributed by atoms with E-state index in [4.69, 9.17) is 14.2 Å². The predicted molar refractivity (Wildman–Crippen MR) is 98.9 cm³/mol. The van der Waals surface area contributed by atoms with E-state index in [1.165, 1.54) is 5.56 Å². The number of quaternary nitrogens is 1. The lowest BCUT2D eigenvalue weighted by Crippen LogP contribution is -3.00. The van der Waals surface area contributed by atoms with Crippen LogP contribution in [0.1, 0.15) is 12.0 Å². The van der Waals surface area contributed by atoms with E-state index in [9.17, 15) is 0 Å². The summed E-state index contributed by atoms with van der Waals surface area (Å²) in [5, 5.41) is 0. The van der Waals surface area contributed by atoms with Gasteiger partial charge in [-0.3, -0.25) is 0 Å². The maximum Gasteiger partial charge on any atom is 0.119 e. The molecule has 0 radical (unpaired) electrons. The molecule has 0 saturated carbocycles. The Morgan fingerprint density at radius 2 is 1.58 bits per heavy atom.